The average molecular weight is 255 g/mol. The van der Waals surface area contributed by atoms with E-state index in [9.17, 15) is 10.1 Å². The molecule has 0 saturated heterocycles. The van der Waals surface area contributed by atoms with Crippen molar-refractivity contribution < 1.29 is 4.92 Å². The molecule has 0 radical (unpaired) electrons. The normalized spacial score (nSPS) is 10.1. The average Bonchev–Trinajstić information content (AvgIpc) is 2.64. The lowest BCUT2D eigenvalue weighted by molar-refractivity contribution is -0.384. The van der Waals surface area contributed by atoms with E-state index in [-0.39, 0.29) is 5.69 Å². The van der Waals surface area contributed by atoms with Gasteiger partial charge < -0.3 is 0 Å². The fraction of sp³-hybridized carbons (Fsp3) is 0. The highest BCUT2D eigenvalue weighted by Gasteiger charge is 2.08. The van der Waals surface area contributed by atoms with Gasteiger partial charge in [-0.15, -0.1) is 0 Å². The van der Waals surface area contributed by atoms with Crippen LogP contribution in [-0.4, -0.2) is 4.92 Å². The first-order chi connectivity index (χ1) is 7.18. The summed E-state index contributed by atoms with van der Waals surface area (Å²) in [5, 5.41) is 12.5. The number of benzene rings is 1. The quantitative estimate of drug-likeness (QED) is 0.351. The van der Waals surface area contributed by atoms with Crippen LogP contribution in [0.25, 0.3) is 11.1 Å². The van der Waals surface area contributed by atoms with Crippen molar-refractivity contribution in [3.8, 4) is 11.1 Å². The Kier molecular flexibility index (Phi) is 2.90. The molecule has 0 aliphatic heterocycles. The van der Waals surface area contributed by atoms with Crippen LogP contribution < -0.4 is 0 Å². The van der Waals surface area contributed by atoms with E-state index in [4.69, 9.17) is 12.2 Å². The van der Waals surface area contributed by atoms with Crippen molar-refractivity contribution in [2.75, 3.05) is 0 Å². The smallest absolute Gasteiger partial charge is 0.258 e. The van der Waals surface area contributed by atoms with Crippen molar-refractivity contribution in [3.05, 3.63) is 43.6 Å². The van der Waals surface area contributed by atoms with Crippen LogP contribution in [0.15, 0.2) is 29.6 Å². The minimum atomic E-state index is -0.400. The molecule has 1 heterocycles. The molecule has 0 unspecified atom stereocenters. The van der Waals surface area contributed by atoms with Gasteiger partial charge >= 0.3 is 0 Å². The lowest BCUT2D eigenvalue weighted by Crippen LogP contribution is -1.87. The molecule has 0 spiro atoms. The van der Waals surface area contributed by atoms with Gasteiger partial charge in [-0.1, -0.05) is 45.0 Å². The van der Waals surface area contributed by atoms with Gasteiger partial charge in [-0.2, -0.15) is 0 Å². The fourth-order valence-corrected chi connectivity index (χ4v) is 3.58. The first-order valence-corrected chi connectivity index (χ1v) is 6.63. The van der Waals surface area contributed by atoms with Crippen molar-refractivity contribution in [2.45, 2.75) is 0 Å². The second-order valence-corrected chi connectivity index (χ2v) is 5.55. The molecule has 2 rings (SSSR count). The van der Waals surface area contributed by atoms with Crippen LogP contribution >= 0.6 is 32.9 Å². The van der Waals surface area contributed by atoms with Gasteiger partial charge in [-0.25, -0.2) is 0 Å². The van der Waals surface area contributed by atoms with Crippen LogP contribution in [0.3, 0.4) is 0 Å². The van der Waals surface area contributed by atoms with Crippen LogP contribution in [-0.2, 0) is 0 Å². The van der Waals surface area contributed by atoms with E-state index < -0.39 is 4.92 Å². The molecule has 0 N–H and O–H groups in total. The molecule has 0 atom stereocenters. The molecule has 0 bridgehead atoms. The summed E-state index contributed by atoms with van der Waals surface area (Å²) < 4.78 is 0.778. The second-order valence-electron chi connectivity index (χ2n) is 2.81. The summed E-state index contributed by atoms with van der Waals surface area (Å²) >= 11 is 5.14. The number of non-ortho nitro benzene ring substituents is 1. The molecule has 6 heteroatoms. The highest BCUT2D eigenvalue weighted by atomic mass is 32.9. The Morgan fingerprint density at radius 1 is 1.40 bits per heavy atom. The molecular weight excluding hydrogens is 250 g/mol. The van der Waals surface area contributed by atoms with Crippen molar-refractivity contribution in [3.63, 3.8) is 0 Å². The number of hydrogen-bond donors (Lipinski definition) is 0. The Morgan fingerprint density at radius 3 is 2.80 bits per heavy atom. The number of nitro groups is 1. The van der Waals surface area contributed by atoms with Crippen molar-refractivity contribution in [2.24, 2.45) is 0 Å². The van der Waals surface area contributed by atoms with Crippen LogP contribution in [0, 0.1) is 13.9 Å². The summed E-state index contributed by atoms with van der Waals surface area (Å²) in [6.07, 6.45) is 0. The molecule has 0 fully saturated rings. The number of nitro benzene ring substituents is 1. The Balaban J connectivity index is 2.55. The maximum Gasteiger partial charge on any atom is 0.270 e. The van der Waals surface area contributed by atoms with E-state index in [1.165, 1.54) is 16.4 Å². The SMILES string of the molecule is O=[N+]([O-])c1cccc(-c2cssc2=S)c1. The lowest BCUT2D eigenvalue weighted by Gasteiger charge is -1.96. The molecule has 0 aliphatic carbocycles. The van der Waals surface area contributed by atoms with E-state index in [1.807, 2.05) is 11.4 Å². The molecule has 1 aromatic carbocycles. The largest absolute Gasteiger partial charge is 0.270 e. The Bertz CT molecular complexity index is 558. The van der Waals surface area contributed by atoms with Crippen LogP contribution in [0.5, 0.6) is 0 Å². The van der Waals surface area contributed by atoms with E-state index in [2.05, 4.69) is 0 Å². The zero-order valence-electron chi connectivity index (χ0n) is 7.38. The van der Waals surface area contributed by atoms with Gasteiger partial charge in [0.2, 0.25) is 0 Å². The topological polar surface area (TPSA) is 43.1 Å². The Labute approximate surface area is 98.2 Å². The van der Waals surface area contributed by atoms with E-state index in [0.717, 1.165) is 15.0 Å². The Morgan fingerprint density at radius 2 is 2.20 bits per heavy atom. The molecule has 0 saturated carbocycles. The van der Waals surface area contributed by atoms with E-state index >= 15 is 0 Å². The van der Waals surface area contributed by atoms with Gasteiger partial charge in [0, 0.05) is 23.1 Å². The van der Waals surface area contributed by atoms with Crippen LogP contribution in [0.4, 0.5) is 5.69 Å². The molecule has 15 heavy (non-hydrogen) atoms. The third-order valence-electron chi connectivity index (χ3n) is 1.88. The van der Waals surface area contributed by atoms with Crippen molar-refractivity contribution in [1.29, 1.82) is 0 Å². The maximum absolute atomic E-state index is 10.6. The monoisotopic (exact) mass is 255 g/mol. The minimum Gasteiger partial charge on any atom is -0.258 e. The second kappa shape index (κ2) is 4.18. The molecule has 0 aliphatic rings. The van der Waals surface area contributed by atoms with Gasteiger partial charge in [0.1, 0.15) is 3.82 Å². The van der Waals surface area contributed by atoms with Gasteiger partial charge in [0.25, 0.3) is 5.69 Å². The first kappa shape index (κ1) is 10.4. The maximum atomic E-state index is 10.6. The number of rotatable bonds is 2. The fourth-order valence-electron chi connectivity index (χ4n) is 1.18. The molecule has 76 valence electrons. The van der Waals surface area contributed by atoms with Crippen LogP contribution in [0.2, 0.25) is 0 Å². The van der Waals surface area contributed by atoms with Crippen molar-refractivity contribution >= 4 is 38.6 Å². The van der Waals surface area contributed by atoms with Gasteiger partial charge in [0.15, 0.2) is 0 Å². The van der Waals surface area contributed by atoms with Gasteiger partial charge in [0.05, 0.1) is 4.92 Å². The molecular formula is C9H5NO2S3. The predicted molar refractivity (Wildman–Crippen MR) is 65.1 cm³/mol. The summed E-state index contributed by atoms with van der Waals surface area (Å²) in [5.74, 6) is 0. The molecule has 2 aromatic rings. The standard InChI is InChI=1S/C9H5NO2S3/c11-10(12)7-3-1-2-6(4-7)8-5-14-15-9(8)13/h1-5H. The summed E-state index contributed by atoms with van der Waals surface area (Å²) in [4.78, 5) is 10.2. The number of nitrogens with zero attached hydrogens (tertiary/aromatic N) is 1. The highest BCUT2D eigenvalue weighted by Crippen LogP contribution is 2.29. The Hall–Kier alpha value is -1.11. The van der Waals surface area contributed by atoms with Crippen LogP contribution in [0.1, 0.15) is 0 Å². The summed E-state index contributed by atoms with van der Waals surface area (Å²) in [7, 11) is 3.04. The highest BCUT2D eigenvalue weighted by molar-refractivity contribution is 7.79. The summed E-state index contributed by atoms with van der Waals surface area (Å²) in [6, 6.07) is 6.52. The molecule has 3 nitrogen and oxygen atoms in total. The van der Waals surface area contributed by atoms with Crippen molar-refractivity contribution in [1.82, 2.24) is 0 Å². The minimum absolute atomic E-state index is 0.0955. The predicted octanol–water partition coefficient (Wildman–Crippen LogP) is 4.11. The van der Waals surface area contributed by atoms with Gasteiger partial charge in [-0.3, -0.25) is 10.1 Å². The lowest BCUT2D eigenvalue weighted by atomic mass is 10.1. The summed E-state index contributed by atoms with van der Waals surface area (Å²) in [6.45, 7) is 0. The third kappa shape index (κ3) is 2.11. The van der Waals surface area contributed by atoms with E-state index in [0.29, 0.717) is 0 Å². The zero-order chi connectivity index (χ0) is 10.8. The van der Waals surface area contributed by atoms with Gasteiger partial charge in [-0.05, 0) is 5.56 Å². The third-order valence-corrected chi connectivity index (χ3v) is 4.54. The zero-order valence-corrected chi connectivity index (χ0v) is 9.82. The van der Waals surface area contributed by atoms with E-state index in [1.54, 1.807) is 22.5 Å². The first-order valence-electron chi connectivity index (χ1n) is 4.01. The summed E-state index contributed by atoms with van der Waals surface area (Å²) in [5.41, 5.74) is 1.81. The molecule has 0 amide bonds. The molecule has 1 aromatic heterocycles. The number of hydrogen-bond acceptors (Lipinski definition) is 5.